The molecule has 5 nitrogen and oxygen atoms in total. The van der Waals surface area contributed by atoms with E-state index in [1.54, 1.807) is 11.8 Å². The molecule has 3 aromatic carbocycles. The highest BCUT2D eigenvalue weighted by molar-refractivity contribution is 7.99. The maximum atomic E-state index is 13.5. The summed E-state index contributed by atoms with van der Waals surface area (Å²) in [6.45, 7) is 0. The summed E-state index contributed by atoms with van der Waals surface area (Å²) in [5.74, 6) is 1.21. The number of barbiturate groups is 1. The molecular formula is C33H29ClN2O3S. The van der Waals surface area contributed by atoms with Crippen molar-refractivity contribution in [2.45, 2.75) is 53.7 Å². The summed E-state index contributed by atoms with van der Waals surface area (Å²) in [6, 6.07) is 22.4. The summed E-state index contributed by atoms with van der Waals surface area (Å²) in [5.41, 5.74) is 2.67. The monoisotopic (exact) mass is 568 g/mol. The first-order chi connectivity index (χ1) is 19.3. The molecule has 4 bridgehead atoms. The van der Waals surface area contributed by atoms with Crippen molar-refractivity contribution in [1.29, 1.82) is 0 Å². The fourth-order valence-corrected chi connectivity index (χ4v) is 8.70. The zero-order valence-electron chi connectivity index (χ0n) is 21.9. The minimum Gasteiger partial charge on any atom is -0.273 e. The first-order valence-corrected chi connectivity index (χ1v) is 15.1. The third kappa shape index (κ3) is 4.67. The molecule has 5 fully saturated rings. The topological polar surface area (TPSA) is 66.5 Å². The molecule has 4 amide bonds. The number of nitrogens with one attached hydrogen (secondary N) is 1. The Morgan fingerprint density at radius 3 is 1.90 bits per heavy atom. The van der Waals surface area contributed by atoms with Gasteiger partial charge in [0, 0.05) is 14.8 Å². The van der Waals surface area contributed by atoms with Gasteiger partial charge in [0.2, 0.25) is 0 Å². The lowest BCUT2D eigenvalue weighted by molar-refractivity contribution is -0.122. The summed E-state index contributed by atoms with van der Waals surface area (Å²) < 4.78 is 0. The third-order valence-corrected chi connectivity index (χ3v) is 10.4. The summed E-state index contributed by atoms with van der Waals surface area (Å²) in [4.78, 5) is 42.1. The second kappa shape index (κ2) is 9.93. The van der Waals surface area contributed by atoms with E-state index in [0.29, 0.717) is 16.3 Å². The highest BCUT2D eigenvalue weighted by Gasteiger charge is 2.51. The Balaban J connectivity index is 1.10. The summed E-state index contributed by atoms with van der Waals surface area (Å²) >= 11 is 7.56. The minimum absolute atomic E-state index is 0.0668. The van der Waals surface area contributed by atoms with E-state index in [1.807, 2.05) is 60.7 Å². The number of anilines is 1. The molecule has 1 heterocycles. The summed E-state index contributed by atoms with van der Waals surface area (Å²) in [6.07, 6.45) is 9.43. The molecule has 8 rings (SSSR count). The van der Waals surface area contributed by atoms with Gasteiger partial charge >= 0.3 is 6.03 Å². The summed E-state index contributed by atoms with van der Waals surface area (Å²) in [7, 11) is 0. The van der Waals surface area contributed by atoms with Gasteiger partial charge in [-0.05, 0) is 127 Å². The Morgan fingerprint density at radius 1 is 0.775 bits per heavy atom. The maximum Gasteiger partial charge on any atom is 0.335 e. The molecule has 4 aliphatic carbocycles. The molecule has 0 unspecified atom stereocenters. The van der Waals surface area contributed by atoms with Gasteiger partial charge < -0.3 is 0 Å². The zero-order valence-corrected chi connectivity index (χ0v) is 23.5. The van der Waals surface area contributed by atoms with Crippen LogP contribution >= 0.6 is 23.4 Å². The lowest BCUT2D eigenvalue weighted by Crippen LogP contribution is -2.54. The highest BCUT2D eigenvalue weighted by atomic mass is 35.5. The van der Waals surface area contributed by atoms with Crippen LogP contribution in [0.1, 0.15) is 49.7 Å². The number of nitrogens with zero attached hydrogens (tertiary/aromatic N) is 1. The number of benzene rings is 3. The second-order valence-electron chi connectivity index (χ2n) is 11.8. The Hall–Kier alpha value is -3.35. The highest BCUT2D eigenvalue weighted by Crippen LogP contribution is 2.60. The first-order valence-electron chi connectivity index (χ1n) is 13.9. The van der Waals surface area contributed by atoms with Gasteiger partial charge in [0.15, 0.2) is 0 Å². The van der Waals surface area contributed by atoms with Crippen molar-refractivity contribution in [3.63, 3.8) is 0 Å². The van der Waals surface area contributed by atoms with Gasteiger partial charge in [-0.15, -0.1) is 0 Å². The van der Waals surface area contributed by atoms with Crippen molar-refractivity contribution in [3.05, 3.63) is 94.5 Å². The maximum absolute atomic E-state index is 13.5. The molecule has 0 atom stereocenters. The van der Waals surface area contributed by atoms with Crippen LogP contribution in [0.2, 0.25) is 5.02 Å². The SMILES string of the molecule is O=C1NC(=O)N(c2ccc(C34CC5CC(CC(C5)C3)C4)cc2)C(=O)/C1=C/c1ccc(Sc2ccc(Cl)cc2)cc1. The van der Waals surface area contributed by atoms with Crippen LogP contribution in [0, 0.1) is 17.8 Å². The largest absolute Gasteiger partial charge is 0.335 e. The number of carbonyl (C=O) groups excluding carboxylic acids is 3. The van der Waals surface area contributed by atoms with E-state index in [0.717, 1.165) is 32.4 Å². The number of hydrogen-bond acceptors (Lipinski definition) is 4. The molecule has 40 heavy (non-hydrogen) atoms. The normalized spacial score (nSPS) is 28.3. The smallest absolute Gasteiger partial charge is 0.273 e. The van der Waals surface area contributed by atoms with E-state index < -0.39 is 17.8 Å². The van der Waals surface area contributed by atoms with E-state index >= 15 is 0 Å². The van der Waals surface area contributed by atoms with Gasteiger partial charge in [-0.3, -0.25) is 14.9 Å². The number of halogens is 1. The lowest BCUT2D eigenvalue weighted by Gasteiger charge is -2.57. The first kappa shape index (κ1) is 25.6. The molecule has 4 saturated carbocycles. The zero-order chi connectivity index (χ0) is 27.4. The molecule has 0 radical (unpaired) electrons. The van der Waals surface area contributed by atoms with Crippen LogP contribution in [0.4, 0.5) is 10.5 Å². The Morgan fingerprint density at radius 2 is 1.32 bits per heavy atom. The van der Waals surface area contributed by atoms with Gasteiger partial charge in [-0.25, -0.2) is 9.69 Å². The number of amides is 4. The lowest BCUT2D eigenvalue weighted by atomic mass is 9.48. The molecule has 202 valence electrons. The van der Waals surface area contributed by atoms with Crippen LogP contribution in [0.25, 0.3) is 6.08 Å². The van der Waals surface area contributed by atoms with Gasteiger partial charge in [0.1, 0.15) is 5.57 Å². The van der Waals surface area contributed by atoms with Gasteiger partial charge in [-0.1, -0.05) is 47.6 Å². The van der Waals surface area contributed by atoms with Crippen molar-refractivity contribution in [2.24, 2.45) is 17.8 Å². The number of imide groups is 2. The molecule has 1 aliphatic heterocycles. The standard InChI is InChI=1S/C33H29ClN2O3S/c34-25-5-11-28(12-6-25)40-27-9-1-20(2-10-27)16-29-30(37)35-32(39)36(31(29)38)26-7-3-24(4-8-26)33-17-21-13-22(18-33)15-23(14-21)19-33/h1-12,16,21-23H,13-15,17-19H2,(H,35,37,39)/b29-16+. The Kier molecular flexibility index (Phi) is 6.36. The van der Waals surface area contributed by atoms with Crippen LogP contribution in [0.5, 0.6) is 0 Å². The van der Waals surface area contributed by atoms with Crippen LogP contribution in [0.3, 0.4) is 0 Å². The van der Waals surface area contributed by atoms with Crippen molar-refractivity contribution in [3.8, 4) is 0 Å². The van der Waals surface area contributed by atoms with Crippen molar-refractivity contribution in [1.82, 2.24) is 5.32 Å². The quantitative estimate of drug-likeness (QED) is 0.254. The van der Waals surface area contributed by atoms with Crippen LogP contribution in [-0.2, 0) is 15.0 Å². The molecular weight excluding hydrogens is 540 g/mol. The molecule has 1 N–H and O–H groups in total. The minimum atomic E-state index is -0.718. The van der Waals surface area contributed by atoms with E-state index in [-0.39, 0.29) is 11.0 Å². The van der Waals surface area contributed by atoms with Gasteiger partial charge in [-0.2, -0.15) is 0 Å². The average molecular weight is 569 g/mol. The number of rotatable bonds is 5. The fourth-order valence-electron chi connectivity index (χ4n) is 7.76. The molecule has 0 aromatic heterocycles. The van der Waals surface area contributed by atoms with Crippen LogP contribution < -0.4 is 10.2 Å². The van der Waals surface area contributed by atoms with Crippen LogP contribution in [0.15, 0.2) is 88.2 Å². The molecule has 5 aliphatic rings. The fraction of sp³-hybridized carbons (Fsp3) is 0.303. The number of carbonyl (C=O) groups is 3. The van der Waals surface area contributed by atoms with E-state index in [9.17, 15) is 14.4 Å². The summed E-state index contributed by atoms with van der Waals surface area (Å²) in [5, 5.41) is 3.03. The molecule has 0 spiro atoms. The van der Waals surface area contributed by atoms with E-state index in [1.165, 1.54) is 50.2 Å². The van der Waals surface area contributed by atoms with Gasteiger partial charge in [0.05, 0.1) is 5.69 Å². The van der Waals surface area contributed by atoms with Crippen molar-refractivity contribution >= 4 is 53.0 Å². The Bertz CT molecular complexity index is 1490. The predicted octanol–water partition coefficient (Wildman–Crippen LogP) is 7.63. The predicted molar refractivity (Wildman–Crippen MR) is 157 cm³/mol. The Labute approximate surface area is 243 Å². The van der Waals surface area contributed by atoms with Crippen LogP contribution in [-0.4, -0.2) is 17.8 Å². The molecule has 7 heteroatoms. The van der Waals surface area contributed by atoms with Gasteiger partial charge in [0.25, 0.3) is 11.8 Å². The second-order valence-corrected chi connectivity index (χ2v) is 13.4. The van der Waals surface area contributed by atoms with Crippen molar-refractivity contribution in [2.75, 3.05) is 4.90 Å². The molecule has 1 saturated heterocycles. The van der Waals surface area contributed by atoms with E-state index in [4.69, 9.17) is 11.6 Å². The van der Waals surface area contributed by atoms with Crippen molar-refractivity contribution < 1.29 is 14.4 Å². The average Bonchev–Trinajstić information content (AvgIpc) is 2.93. The number of hydrogen-bond donors (Lipinski definition) is 1. The third-order valence-electron chi connectivity index (χ3n) is 9.12. The number of urea groups is 1. The van der Waals surface area contributed by atoms with E-state index in [2.05, 4.69) is 17.4 Å². The molecule has 3 aromatic rings.